The summed E-state index contributed by atoms with van der Waals surface area (Å²) in [6.07, 6.45) is 0.898. The quantitative estimate of drug-likeness (QED) is 0.747. The maximum absolute atomic E-state index is 13.2. The number of anilines is 1. The molecule has 0 bridgehead atoms. The van der Waals surface area contributed by atoms with Crippen LogP contribution in [0.5, 0.6) is 5.75 Å². The van der Waals surface area contributed by atoms with Crippen LogP contribution in [0.2, 0.25) is 0 Å². The van der Waals surface area contributed by atoms with Gasteiger partial charge >= 0.3 is 0 Å². The molecule has 1 saturated heterocycles. The molecule has 1 fully saturated rings. The van der Waals surface area contributed by atoms with Crippen LogP contribution in [-0.2, 0) is 0 Å². The second-order valence-corrected chi connectivity index (χ2v) is 4.64. The van der Waals surface area contributed by atoms with Gasteiger partial charge in [0.2, 0.25) is 5.95 Å². The Balaban J connectivity index is 1.90. The number of benzene rings is 1. The van der Waals surface area contributed by atoms with E-state index in [4.69, 9.17) is 5.73 Å². The molecule has 1 atom stereocenters. The summed E-state index contributed by atoms with van der Waals surface area (Å²) in [6, 6.07) is 3.83. The number of rotatable bonds is 2. The van der Waals surface area contributed by atoms with Crippen molar-refractivity contribution in [2.45, 2.75) is 12.5 Å². The van der Waals surface area contributed by atoms with Gasteiger partial charge in [-0.2, -0.15) is 4.98 Å². The summed E-state index contributed by atoms with van der Waals surface area (Å²) >= 11 is 0. The van der Waals surface area contributed by atoms with Gasteiger partial charge in [0.1, 0.15) is 11.6 Å². The van der Waals surface area contributed by atoms with Crippen LogP contribution >= 0.6 is 0 Å². The molecule has 0 radical (unpaired) electrons. The number of halogens is 1. The van der Waals surface area contributed by atoms with E-state index in [9.17, 15) is 9.50 Å². The third-order valence-electron chi connectivity index (χ3n) is 3.19. The predicted molar refractivity (Wildman–Crippen MR) is 68.2 cm³/mol. The molecule has 2 aromatic rings. The first kappa shape index (κ1) is 11.9. The van der Waals surface area contributed by atoms with Crippen LogP contribution in [-0.4, -0.2) is 39.4 Å². The normalized spacial score (nSPS) is 19.1. The highest BCUT2D eigenvalue weighted by Crippen LogP contribution is 2.28. The molecule has 2 heterocycles. The molecular weight excluding hydrogens is 249 g/mol. The van der Waals surface area contributed by atoms with E-state index < -0.39 is 5.82 Å². The van der Waals surface area contributed by atoms with Crippen molar-refractivity contribution >= 4 is 5.95 Å². The largest absolute Gasteiger partial charge is 0.507 e. The molecule has 19 heavy (non-hydrogen) atoms. The Morgan fingerprint density at radius 2 is 2.32 bits per heavy atom. The molecule has 1 aromatic carbocycles. The standard InChI is InChI=1S/C12H14FN5O/c13-7-1-2-10(19)9(5-7)11-15-12(17-16-11)18-4-3-8(14)6-18/h1-2,5,8,19H,3-4,6,14H2,(H,15,16,17). The highest BCUT2D eigenvalue weighted by molar-refractivity contribution is 5.64. The molecule has 3 rings (SSSR count). The average molecular weight is 263 g/mol. The zero-order valence-electron chi connectivity index (χ0n) is 10.2. The molecule has 1 aromatic heterocycles. The van der Waals surface area contributed by atoms with Gasteiger partial charge in [-0.05, 0) is 24.6 Å². The summed E-state index contributed by atoms with van der Waals surface area (Å²) in [5.41, 5.74) is 6.12. The third kappa shape index (κ3) is 2.24. The van der Waals surface area contributed by atoms with E-state index in [2.05, 4.69) is 15.2 Å². The SMILES string of the molecule is NC1CCN(c2n[nH]c(-c3cc(F)ccc3O)n2)C1. The Bertz CT molecular complexity index is 600. The number of phenols is 1. The number of nitrogens with one attached hydrogen (secondary N) is 1. The summed E-state index contributed by atoms with van der Waals surface area (Å²) < 4.78 is 13.2. The molecule has 1 unspecified atom stereocenters. The second-order valence-electron chi connectivity index (χ2n) is 4.64. The van der Waals surface area contributed by atoms with E-state index in [-0.39, 0.29) is 11.8 Å². The minimum absolute atomic E-state index is 0.0396. The molecule has 7 heteroatoms. The second kappa shape index (κ2) is 4.51. The van der Waals surface area contributed by atoms with Gasteiger partial charge in [-0.1, -0.05) is 0 Å². The number of phenolic OH excluding ortho intramolecular Hbond substituents is 1. The molecule has 4 N–H and O–H groups in total. The zero-order valence-corrected chi connectivity index (χ0v) is 10.2. The Labute approximate surface area is 109 Å². The van der Waals surface area contributed by atoms with Gasteiger partial charge in [-0.25, -0.2) is 4.39 Å². The van der Waals surface area contributed by atoms with Crippen molar-refractivity contribution in [2.24, 2.45) is 5.73 Å². The number of nitrogens with two attached hydrogens (primary N) is 1. The maximum Gasteiger partial charge on any atom is 0.245 e. The number of hydrogen-bond donors (Lipinski definition) is 3. The first-order chi connectivity index (χ1) is 9.13. The van der Waals surface area contributed by atoms with Gasteiger partial charge < -0.3 is 15.7 Å². The smallest absolute Gasteiger partial charge is 0.245 e. The lowest BCUT2D eigenvalue weighted by atomic mass is 10.2. The lowest BCUT2D eigenvalue weighted by Crippen LogP contribution is -2.26. The van der Waals surface area contributed by atoms with Gasteiger partial charge in [0, 0.05) is 19.1 Å². The van der Waals surface area contributed by atoms with E-state index in [1.54, 1.807) is 0 Å². The van der Waals surface area contributed by atoms with Crippen LogP contribution in [0.3, 0.4) is 0 Å². The topological polar surface area (TPSA) is 91.1 Å². The van der Waals surface area contributed by atoms with Crippen LogP contribution in [0, 0.1) is 5.82 Å². The fourth-order valence-corrected chi connectivity index (χ4v) is 2.18. The van der Waals surface area contributed by atoms with Crippen molar-refractivity contribution in [1.82, 2.24) is 15.2 Å². The molecular formula is C12H14FN5O. The molecule has 0 saturated carbocycles. The van der Waals surface area contributed by atoms with Crippen LogP contribution in [0.4, 0.5) is 10.3 Å². The summed E-state index contributed by atoms with van der Waals surface area (Å²) in [7, 11) is 0. The highest BCUT2D eigenvalue weighted by atomic mass is 19.1. The van der Waals surface area contributed by atoms with Crippen LogP contribution in [0.1, 0.15) is 6.42 Å². The van der Waals surface area contributed by atoms with Gasteiger partial charge in [0.15, 0.2) is 5.82 Å². The van der Waals surface area contributed by atoms with Gasteiger partial charge in [-0.15, -0.1) is 5.10 Å². The molecule has 100 valence electrons. The predicted octanol–water partition coefficient (Wildman–Crippen LogP) is 0.854. The van der Waals surface area contributed by atoms with Crippen molar-refractivity contribution in [1.29, 1.82) is 0 Å². The van der Waals surface area contributed by atoms with Crippen molar-refractivity contribution < 1.29 is 9.50 Å². The average Bonchev–Trinajstić information content (AvgIpc) is 3.00. The molecule has 0 amide bonds. The number of aromatic nitrogens is 3. The Morgan fingerprint density at radius 3 is 3.05 bits per heavy atom. The van der Waals surface area contributed by atoms with Crippen molar-refractivity contribution in [2.75, 3.05) is 18.0 Å². The molecule has 1 aliphatic rings. The number of hydrogen-bond acceptors (Lipinski definition) is 5. The van der Waals surface area contributed by atoms with E-state index in [0.717, 1.165) is 13.0 Å². The van der Waals surface area contributed by atoms with Crippen LogP contribution in [0.15, 0.2) is 18.2 Å². The van der Waals surface area contributed by atoms with E-state index in [0.29, 0.717) is 23.9 Å². The van der Waals surface area contributed by atoms with E-state index in [1.165, 1.54) is 18.2 Å². The Hall–Kier alpha value is -2.15. The summed E-state index contributed by atoms with van der Waals surface area (Å²) in [5.74, 6) is 0.384. The van der Waals surface area contributed by atoms with Crippen LogP contribution in [0.25, 0.3) is 11.4 Å². The minimum Gasteiger partial charge on any atom is -0.507 e. The third-order valence-corrected chi connectivity index (χ3v) is 3.19. The van der Waals surface area contributed by atoms with E-state index in [1.807, 2.05) is 4.90 Å². The number of nitrogens with zero attached hydrogens (tertiary/aromatic N) is 3. The van der Waals surface area contributed by atoms with Crippen molar-refractivity contribution in [3.8, 4) is 17.1 Å². The molecule has 1 aliphatic heterocycles. The zero-order chi connectivity index (χ0) is 13.4. The minimum atomic E-state index is -0.436. The number of H-pyrrole nitrogens is 1. The van der Waals surface area contributed by atoms with Gasteiger partial charge in [-0.3, -0.25) is 5.10 Å². The lowest BCUT2D eigenvalue weighted by Gasteiger charge is -2.11. The van der Waals surface area contributed by atoms with Crippen molar-refractivity contribution in [3.05, 3.63) is 24.0 Å². The van der Waals surface area contributed by atoms with Crippen molar-refractivity contribution in [3.63, 3.8) is 0 Å². The first-order valence-corrected chi connectivity index (χ1v) is 6.05. The monoisotopic (exact) mass is 263 g/mol. The van der Waals surface area contributed by atoms with Crippen LogP contribution < -0.4 is 10.6 Å². The first-order valence-electron chi connectivity index (χ1n) is 6.05. The fourth-order valence-electron chi connectivity index (χ4n) is 2.18. The molecule has 0 spiro atoms. The number of aromatic hydroxyl groups is 1. The Morgan fingerprint density at radius 1 is 1.47 bits per heavy atom. The number of aromatic amines is 1. The fraction of sp³-hybridized carbons (Fsp3) is 0.333. The summed E-state index contributed by atoms with van der Waals surface area (Å²) in [4.78, 5) is 6.24. The summed E-state index contributed by atoms with van der Waals surface area (Å²) in [5, 5.41) is 16.5. The Kier molecular flexibility index (Phi) is 2.83. The summed E-state index contributed by atoms with van der Waals surface area (Å²) in [6.45, 7) is 1.50. The maximum atomic E-state index is 13.2. The highest BCUT2D eigenvalue weighted by Gasteiger charge is 2.23. The molecule has 0 aliphatic carbocycles. The lowest BCUT2D eigenvalue weighted by molar-refractivity contribution is 0.475. The van der Waals surface area contributed by atoms with E-state index >= 15 is 0 Å². The van der Waals surface area contributed by atoms with Gasteiger partial charge in [0.25, 0.3) is 0 Å². The molecule has 6 nitrogen and oxygen atoms in total. The van der Waals surface area contributed by atoms with Gasteiger partial charge in [0.05, 0.1) is 5.56 Å².